The molecule has 0 saturated heterocycles. The lowest BCUT2D eigenvalue weighted by Crippen LogP contribution is -2.60. The monoisotopic (exact) mass is 1000 g/mol. The fraction of sp³-hybridized carbons (Fsp3) is 0.800. The van der Waals surface area contributed by atoms with Crippen LogP contribution >= 0.6 is 0 Å². The van der Waals surface area contributed by atoms with Crippen LogP contribution in [0.1, 0.15) is 196 Å². The summed E-state index contributed by atoms with van der Waals surface area (Å²) in [5.74, 6) is 4.43. The van der Waals surface area contributed by atoms with Gasteiger partial charge in [0, 0.05) is 52.2 Å². The summed E-state index contributed by atoms with van der Waals surface area (Å²) >= 11 is 0. The van der Waals surface area contributed by atoms with Crippen LogP contribution in [0.15, 0.2) is 36.5 Å². The van der Waals surface area contributed by atoms with Gasteiger partial charge in [-0.1, -0.05) is 26.2 Å². The highest BCUT2D eigenvalue weighted by molar-refractivity contribution is 5.89. The molecule has 12 bridgehead atoms. The van der Waals surface area contributed by atoms with Crippen LogP contribution in [0.4, 0.5) is 0 Å². The largest absolute Gasteiger partial charge is 0.469 e. The molecule has 13 aliphatic rings. The van der Waals surface area contributed by atoms with Crippen molar-refractivity contribution in [2.75, 3.05) is 7.11 Å². The third kappa shape index (κ3) is 11.5. The molecule has 0 aliphatic heterocycles. The molecule has 12 heteroatoms. The zero-order valence-corrected chi connectivity index (χ0v) is 45.2. The van der Waals surface area contributed by atoms with Gasteiger partial charge in [0.2, 0.25) is 0 Å². The Morgan fingerprint density at radius 1 is 0.431 bits per heavy atom. The number of hydrogen-bond acceptors (Lipinski definition) is 12. The number of carbonyl (C=O) groups is 6. The Balaban J connectivity index is 0.000000146. The normalized spacial score (nSPS) is 38.7. The molecule has 0 aromatic carbocycles. The molecule has 0 atom stereocenters. The van der Waals surface area contributed by atoms with Crippen LogP contribution < -0.4 is 0 Å². The van der Waals surface area contributed by atoms with Gasteiger partial charge in [-0.05, 0) is 206 Å². The summed E-state index contributed by atoms with van der Waals surface area (Å²) in [4.78, 5) is 74.5. The summed E-state index contributed by atoms with van der Waals surface area (Å²) in [7, 11) is 1.40. The molecule has 0 unspecified atom stereocenters. The van der Waals surface area contributed by atoms with Crippen LogP contribution in [-0.4, -0.2) is 70.9 Å². The maximum atomic E-state index is 13.0. The van der Waals surface area contributed by atoms with Crippen molar-refractivity contribution in [3.8, 4) is 0 Å². The number of carbonyl (C=O) groups excluding carboxylic acids is 6. The molecule has 13 saturated carbocycles. The number of hydrogen-bond donors (Lipinski definition) is 0. The van der Waals surface area contributed by atoms with Crippen molar-refractivity contribution in [2.24, 2.45) is 71.0 Å². The van der Waals surface area contributed by atoms with Crippen LogP contribution in [0, 0.1) is 71.0 Å². The predicted octanol–water partition coefficient (Wildman–Crippen LogP) is 11.9. The Kier molecular flexibility index (Phi) is 15.8. The fourth-order valence-corrected chi connectivity index (χ4v) is 17.0. The van der Waals surface area contributed by atoms with Gasteiger partial charge >= 0.3 is 35.8 Å². The second-order valence-electron chi connectivity index (χ2n) is 26.5. The van der Waals surface area contributed by atoms with E-state index in [4.69, 9.17) is 28.4 Å². The molecule has 0 aromatic heterocycles. The van der Waals surface area contributed by atoms with E-state index in [-0.39, 0.29) is 72.5 Å². The van der Waals surface area contributed by atoms with Crippen LogP contribution in [0.5, 0.6) is 0 Å². The first-order chi connectivity index (χ1) is 33.8. The van der Waals surface area contributed by atoms with Gasteiger partial charge in [-0.25, -0.2) is 14.4 Å². The van der Waals surface area contributed by atoms with Crippen molar-refractivity contribution in [3.05, 3.63) is 36.5 Å². The van der Waals surface area contributed by atoms with Gasteiger partial charge in [0.05, 0.1) is 26.4 Å². The van der Waals surface area contributed by atoms with E-state index in [0.717, 1.165) is 138 Å². The lowest BCUT2D eigenvalue weighted by molar-refractivity contribution is -0.216. The highest BCUT2D eigenvalue weighted by Gasteiger charge is 2.63. The summed E-state index contributed by atoms with van der Waals surface area (Å²) in [5.41, 5.74) is -1.69. The Morgan fingerprint density at radius 3 is 0.972 bits per heavy atom. The van der Waals surface area contributed by atoms with Gasteiger partial charge in [-0.15, -0.1) is 0 Å². The van der Waals surface area contributed by atoms with Crippen molar-refractivity contribution < 1.29 is 57.2 Å². The standard InChI is InChI=1S/C23H34O4.C20H30O4.C17H24O4/c1-15(2)21(25)27-23(14-20(24)26-22(3)7-5-4-6-8-22)18-10-16-9-17(12-18)13-19(23)11-16;1-12(2)18(22)24-20(11-17(21)23-19(3,4)5)15-7-13-6-14(9-15)10-16(20)8-13;1-10(2)16(19)21-17(9-15(18)20-3)13-5-11-4-12(7-13)8-14(17)6-11/h16-19H,1,4-14H2,2-3H3;13-16H,1,6-11H2,2-5H3;11-14H,1,4-9H2,2-3H3. The van der Waals surface area contributed by atoms with Crippen LogP contribution in [0.2, 0.25) is 0 Å². The average molecular weight is 1000 g/mol. The van der Waals surface area contributed by atoms with E-state index in [2.05, 4.69) is 26.7 Å². The molecule has 0 heterocycles. The Labute approximate surface area is 430 Å². The van der Waals surface area contributed by atoms with E-state index in [1.807, 2.05) is 20.8 Å². The van der Waals surface area contributed by atoms with E-state index in [1.165, 1.54) is 32.8 Å². The maximum absolute atomic E-state index is 13.0. The summed E-state index contributed by atoms with van der Waals surface area (Å²) in [6.45, 7) is 23.8. The van der Waals surface area contributed by atoms with E-state index in [1.54, 1.807) is 20.8 Å². The van der Waals surface area contributed by atoms with Gasteiger partial charge in [-0.2, -0.15) is 0 Å². The molecule has 400 valence electrons. The third-order valence-electron chi connectivity index (χ3n) is 19.6. The van der Waals surface area contributed by atoms with E-state index < -0.39 is 22.4 Å². The minimum atomic E-state index is -0.689. The minimum absolute atomic E-state index is 0.179. The van der Waals surface area contributed by atoms with Crippen molar-refractivity contribution in [1.29, 1.82) is 0 Å². The van der Waals surface area contributed by atoms with E-state index in [9.17, 15) is 28.8 Å². The molecule has 0 radical (unpaired) electrons. The molecule has 13 fully saturated rings. The van der Waals surface area contributed by atoms with Gasteiger partial charge in [0.15, 0.2) is 0 Å². The molecular formula is C60H88O12. The van der Waals surface area contributed by atoms with Gasteiger partial charge in [-0.3, -0.25) is 14.4 Å². The highest BCUT2D eigenvalue weighted by atomic mass is 16.6. The highest BCUT2D eigenvalue weighted by Crippen LogP contribution is 2.63. The Morgan fingerprint density at radius 2 is 0.708 bits per heavy atom. The quantitative estimate of drug-likeness (QED) is 0.0978. The summed E-state index contributed by atoms with van der Waals surface area (Å²) in [6, 6.07) is 0. The summed E-state index contributed by atoms with van der Waals surface area (Å²) in [6.07, 6.45) is 22.8. The van der Waals surface area contributed by atoms with Crippen molar-refractivity contribution in [2.45, 2.75) is 224 Å². The van der Waals surface area contributed by atoms with Crippen LogP contribution in [0.25, 0.3) is 0 Å². The Bertz CT molecular complexity index is 2050. The Hall–Kier alpha value is -3.96. The third-order valence-corrected chi connectivity index (χ3v) is 19.6. The van der Waals surface area contributed by atoms with Gasteiger partial charge in [0.25, 0.3) is 0 Å². The molecule has 0 aromatic rings. The van der Waals surface area contributed by atoms with Crippen molar-refractivity contribution >= 4 is 35.8 Å². The number of rotatable bonds is 13. The van der Waals surface area contributed by atoms with Crippen LogP contribution in [-0.2, 0) is 57.2 Å². The van der Waals surface area contributed by atoms with Gasteiger partial charge < -0.3 is 28.4 Å². The second kappa shape index (κ2) is 21.0. The molecule has 0 spiro atoms. The van der Waals surface area contributed by atoms with E-state index in [0.29, 0.717) is 40.4 Å². The molecule has 13 aliphatic carbocycles. The molecule has 13 rings (SSSR count). The first-order valence-corrected chi connectivity index (χ1v) is 28.0. The predicted molar refractivity (Wildman–Crippen MR) is 271 cm³/mol. The summed E-state index contributed by atoms with van der Waals surface area (Å²) in [5, 5.41) is 0. The minimum Gasteiger partial charge on any atom is -0.469 e. The second-order valence-corrected chi connectivity index (χ2v) is 26.5. The fourth-order valence-electron chi connectivity index (χ4n) is 17.0. The van der Waals surface area contributed by atoms with Crippen molar-refractivity contribution in [1.82, 2.24) is 0 Å². The maximum Gasteiger partial charge on any atom is 0.333 e. The SMILES string of the molecule is C=C(C)C(=O)OC1(CC(=O)OC(C)(C)C)C2CC3CC(C2)CC1C3.C=C(C)C(=O)OC1(CC(=O)OC)C2CC3CC(C2)CC1C3.C=C(C)C(=O)OC1(CC(=O)OC2(C)CCCCC2)C2CC3CC(C2)CC1C3. The lowest BCUT2D eigenvalue weighted by atomic mass is 9.49. The average Bonchev–Trinajstić information content (AvgIpc) is 3.28. The zero-order chi connectivity index (χ0) is 52.1. The summed E-state index contributed by atoms with van der Waals surface area (Å²) < 4.78 is 34.5. The number of ether oxygens (including phenoxy) is 6. The first kappa shape index (κ1) is 54.3. The first-order valence-electron chi connectivity index (χ1n) is 28.0. The number of methoxy groups -OCH3 is 1. The molecule has 0 amide bonds. The zero-order valence-electron chi connectivity index (χ0n) is 45.2. The molecule has 0 N–H and O–H groups in total. The molecule has 72 heavy (non-hydrogen) atoms. The van der Waals surface area contributed by atoms with Gasteiger partial charge in [0.1, 0.15) is 28.0 Å². The van der Waals surface area contributed by atoms with Crippen molar-refractivity contribution in [3.63, 3.8) is 0 Å². The molecular weight excluding hydrogens is 913 g/mol. The smallest absolute Gasteiger partial charge is 0.333 e. The lowest BCUT2D eigenvalue weighted by Gasteiger charge is -2.60. The van der Waals surface area contributed by atoms with E-state index >= 15 is 0 Å². The van der Waals surface area contributed by atoms with Crippen LogP contribution in [0.3, 0.4) is 0 Å². The molecule has 12 nitrogen and oxygen atoms in total. The topological polar surface area (TPSA) is 158 Å². The number of esters is 6.